The summed E-state index contributed by atoms with van der Waals surface area (Å²) < 4.78 is 35.2. The Morgan fingerprint density at radius 3 is 2.50 bits per heavy atom. The quantitative estimate of drug-likeness (QED) is 0.568. The largest absolute Gasteiger partial charge is 0.460 e. The van der Waals surface area contributed by atoms with Crippen molar-refractivity contribution in [2.45, 2.75) is 6.61 Å². The number of carbonyl (C=O) groups is 1. The van der Waals surface area contributed by atoms with Gasteiger partial charge in [0.1, 0.15) is 13.2 Å². The summed E-state index contributed by atoms with van der Waals surface area (Å²) in [6, 6.07) is 8.94. The van der Waals surface area contributed by atoms with Crippen molar-refractivity contribution in [1.29, 1.82) is 0 Å². The van der Waals surface area contributed by atoms with Crippen LogP contribution in [0.2, 0.25) is 0 Å². The second kappa shape index (κ2) is 5.59. The average molecular weight is 245 g/mol. The summed E-state index contributed by atoms with van der Waals surface area (Å²) in [7, 11) is -4.35. The number of ether oxygens (including phenoxy) is 1. The third-order valence-corrected chi connectivity index (χ3v) is 2.15. The van der Waals surface area contributed by atoms with Crippen LogP contribution in [0.15, 0.2) is 30.3 Å². The Morgan fingerprint density at radius 1 is 1.31 bits per heavy atom. The standard InChI is InChI=1S/C9H11NO5S/c11-9(6-10-16(12,13)14)15-7-8-4-2-1-3-5-8/h1-5,10H,6-7H2,(H,12,13,14). The van der Waals surface area contributed by atoms with Crippen molar-refractivity contribution in [2.24, 2.45) is 0 Å². The molecule has 0 fully saturated rings. The molecule has 1 aromatic carbocycles. The number of carbonyl (C=O) groups excluding carboxylic acids is 1. The minimum absolute atomic E-state index is 0.0623. The SMILES string of the molecule is O=C(CNS(=O)(=O)O)OCc1ccccc1. The van der Waals surface area contributed by atoms with E-state index in [1.54, 1.807) is 29.0 Å². The monoisotopic (exact) mass is 245 g/mol. The molecule has 0 aliphatic heterocycles. The van der Waals surface area contributed by atoms with Gasteiger partial charge in [0.05, 0.1) is 0 Å². The molecule has 0 spiro atoms. The van der Waals surface area contributed by atoms with Gasteiger partial charge >= 0.3 is 16.3 Å². The van der Waals surface area contributed by atoms with Gasteiger partial charge in [-0.2, -0.15) is 13.1 Å². The number of hydrogen-bond acceptors (Lipinski definition) is 4. The maximum absolute atomic E-state index is 11.0. The van der Waals surface area contributed by atoms with Crippen LogP contribution in [0.1, 0.15) is 5.56 Å². The number of nitrogens with one attached hydrogen (secondary N) is 1. The molecule has 1 aromatic rings. The van der Waals surface area contributed by atoms with Gasteiger partial charge in [-0.05, 0) is 5.56 Å². The second-order valence-electron chi connectivity index (χ2n) is 2.94. The van der Waals surface area contributed by atoms with E-state index >= 15 is 0 Å². The number of rotatable bonds is 5. The molecule has 7 heteroatoms. The van der Waals surface area contributed by atoms with Gasteiger partial charge in [0.2, 0.25) is 0 Å². The lowest BCUT2D eigenvalue weighted by Gasteiger charge is -2.04. The van der Waals surface area contributed by atoms with Gasteiger partial charge in [0, 0.05) is 0 Å². The molecule has 0 heterocycles. The minimum Gasteiger partial charge on any atom is -0.460 e. The molecule has 16 heavy (non-hydrogen) atoms. The lowest BCUT2D eigenvalue weighted by molar-refractivity contribution is -0.143. The van der Waals surface area contributed by atoms with E-state index in [0.29, 0.717) is 0 Å². The predicted molar refractivity (Wildman–Crippen MR) is 55.8 cm³/mol. The van der Waals surface area contributed by atoms with Crippen molar-refractivity contribution >= 4 is 16.3 Å². The molecule has 0 saturated carbocycles. The van der Waals surface area contributed by atoms with Crippen LogP contribution in [0.25, 0.3) is 0 Å². The summed E-state index contributed by atoms with van der Waals surface area (Å²) in [6.45, 7) is -0.529. The number of hydrogen-bond donors (Lipinski definition) is 2. The normalized spacial score (nSPS) is 11.1. The second-order valence-corrected chi connectivity index (χ2v) is 4.18. The van der Waals surface area contributed by atoms with Crippen molar-refractivity contribution in [3.05, 3.63) is 35.9 Å². The first-order valence-corrected chi connectivity index (χ1v) is 5.83. The molecule has 0 aliphatic rings. The first kappa shape index (κ1) is 12.6. The van der Waals surface area contributed by atoms with Crippen LogP contribution in [0.4, 0.5) is 0 Å². The molecule has 6 nitrogen and oxygen atoms in total. The van der Waals surface area contributed by atoms with Gasteiger partial charge in [-0.15, -0.1) is 0 Å². The third kappa shape index (κ3) is 5.44. The maximum atomic E-state index is 11.0. The highest BCUT2D eigenvalue weighted by atomic mass is 32.2. The Bertz CT molecular complexity index is 442. The zero-order chi connectivity index (χ0) is 12.0. The zero-order valence-corrected chi connectivity index (χ0v) is 9.11. The van der Waals surface area contributed by atoms with Crippen LogP contribution >= 0.6 is 0 Å². The molecule has 0 amide bonds. The molecule has 0 atom stereocenters. The fourth-order valence-electron chi connectivity index (χ4n) is 0.939. The molecule has 0 aliphatic carbocycles. The Hall–Kier alpha value is -1.44. The predicted octanol–water partition coefficient (Wildman–Crippen LogP) is 0.122. The van der Waals surface area contributed by atoms with E-state index in [-0.39, 0.29) is 6.61 Å². The van der Waals surface area contributed by atoms with Crippen LogP contribution in [-0.2, 0) is 26.4 Å². The van der Waals surface area contributed by atoms with Gasteiger partial charge in [0.25, 0.3) is 0 Å². The Balaban J connectivity index is 2.31. The molecular formula is C9H11NO5S. The van der Waals surface area contributed by atoms with Crippen molar-refractivity contribution in [1.82, 2.24) is 4.72 Å². The first-order chi connectivity index (χ1) is 7.47. The summed E-state index contributed by atoms with van der Waals surface area (Å²) in [5, 5.41) is 0. The molecular weight excluding hydrogens is 234 g/mol. The molecule has 1 rings (SSSR count). The Morgan fingerprint density at radius 2 is 1.94 bits per heavy atom. The molecule has 2 N–H and O–H groups in total. The van der Waals surface area contributed by atoms with E-state index in [2.05, 4.69) is 0 Å². The summed E-state index contributed by atoms with van der Waals surface area (Å²) >= 11 is 0. The van der Waals surface area contributed by atoms with Crippen LogP contribution in [-0.4, -0.2) is 25.5 Å². The van der Waals surface area contributed by atoms with Gasteiger partial charge in [0.15, 0.2) is 0 Å². The number of benzene rings is 1. The first-order valence-electron chi connectivity index (χ1n) is 4.39. The van der Waals surface area contributed by atoms with Gasteiger partial charge < -0.3 is 4.74 Å². The number of esters is 1. The highest BCUT2D eigenvalue weighted by Crippen LogP contribution is 2.00. The van der Waals surface area contributed by atoms with E-state index in [4.69, 9.17) is 9.29 Å². The van der Waals surface area contributed by atoms with E-state index in [1.165, 1.54) is 0 Å². The van der Waals surface area contributed by atoms with Crippen LogP contribution in [0.5, 0.6) is 0 Å². The van der Waals surface area contributed by atoms with Crippen molar-refractivity contribution < 1.29 is 22.5 Å². The third-order valence-electron chi connectivity index (χ3n) is 1.64. The maximum Gasteiger partial charge on any atom is 0.333 e. The van der Waals surface area contributed by atoms with Gasteiger partial charge in [-0.25, -0.2) is 0 Å². The summed E-state index contributed by atoms with van der Waals surface area (Å²) in [5.41, 5.74) is 0.794. The molecule has 0 radical (unpaired) electrons. The fourth-order valence-corrected chi connectivity index (χ4v) is 1.24. The Kier molecular flexibility index (Phi) is 4.41. The smallest absolute Gasteiger partial charge is 0.333 e. The molecule has 0 bridgehead atoms. The summed E-state index contributed by atoms with van der Waals surface area (Å²) in [4.78, 5) is 11.0. The summed E-state index contributed by atoms with van der Waals surface area (Å²) in [5.74, 6) is -0.763. The van der Waals surface area contributed by atoms with Crippen LogP contribution < -0.4 is 4.72 Å². The Labute approximate surface area is 93.1 Å². The fraction of sp³-hybridized carbons (Fsp3) is 0.222. The molecule has 0 saturated heterocycles. The average Bonchev–Trinajstić information content (AvgIpc) is 2.24. The molecule has 0 aromatic heterocycles. The minimum atomic E-state index is -4.35. The van der Waals surface area contributed by atoms with Gasteiger partial charge in [-0.3, -0.25) is 9.35 Å². The van der Waals surface area contributed by atoms with Crippen molar-refractivity contribution in [3.63, 3.8) is 0 Å². The van der Waals surface area contributed by atoms with E-state index in [0.717, 1.165) is 5.56 Å². The highest BCUT2D eigenvalue weighted by Gasteiger charge is 2.08. The van der Waals surface area contributed by atoms with E-state index in [9.17, 15) is 13.2 Å². The lowest BCUT2D eigenvalue weighted by atomic mass is 10.2. The highest BCUT2D eigenvalue weighted by molar-refractivity contribution is 7.83. The van der Waals surface area contributed by atoms with Gasteiger partial charge in [-0.1, -0.05) is 30.3 Å². The summed E-state index contributed by atoms with van der Waals surface area (Å²) in [6.07, 6.45) is 0. The zero-order valence-electron chi connectivity index (χ0n) is 8.29. The van der Waals surface area contributed by atoms with Crippen LogP contribution in [0.3, 0.4) is 0 Å². The topological polar surface area (TPSA) is 92.7 Å². The van der Waals surface area contributed by atoms with E-state index in [1.807, 2.05) is 6.07 Å². The van der Waals surface area contributed by atoms with Crippen molar-refractivity contribution in [3.8, 4) is 0 Å². The molecule has 0 unspecified atom stereocenters. The van der Waals surface area contributed by atoms with E-state index < -0.39 is 22.8 Å². The van der Waals surface area contributed by atoms with Crippen molar-refractivity contribution in [2.75, 3.05) is 6.54 Å². The molecule has 88 valence electrons. The van der Waals surface area contributed by atoms with Crippen LogP contribution in [0, 0.1) is 0 Å². The lowest BCUT2D eigenvalue weighted by Crippen LogP contribution is -2.29.